The SMILES string of the molecule is C#CC1CC(=O)N(C2CCCCNC2=O)C1. The van der Waals surface area contributed by atoms with E-state index in [1.807, 2.05) is 0 Å². The van der Waals surface area contributed by atoms with Crippen LogP contribution in [0.2, 0.25) is 0 Å². The van der Waals surface area contributed by atoms with Crippen molar-refractivity contribution in [3.8, 4) is 12.3 Å². The van der Waals surface area contributed by atoms with Crippen LogP contribution in [0.4, 0.5) is 0 Å². The normalized spacial score (nSPS) is 30.8. The molecule has 0 spiro atoms. The Bertz CT molecular complexity index is 345. The molecule has 0 aromatic heterocycles. The average Bonchev–Trinajstić information content (AvgIpc) is 2.51. The van der Waals surface area contributed by atoms with Crippen molar-refractivity contribution in [1.29, 1.82) is 0 Å². The lowest BCUT2D eigenvalue weighted by molar-refractivity contribution is -0.137. The summed E-state index contributed by atoms with van der Waals surface area (Å²) in [6.07, 6.45) is 8.44. The Balaban J connectivity index is 2.08. The number of nitrogens with one attached hydrogen (secondary N) is 1. The fourth-order valence-electron chi connectivity index (χ4n) is 2.37. The summed E-state index contributed by atoms with van der Waals surface area (Å²) in [5, 5.41) is 2.84. The second-order valence-corrected chi connectivity index (χ2v) is 4.42. The summed E-state index contributed by atoms with van der Waals surface area (Å²) in [5.41, 5.74) is 0. The molecule has 2 rings (SSSR count). The third-order valence-electron chi connectivity index (χ3n) is 3.28. The van der Waals surface area contributed by atoms with E-state index >= 15 is 0 Å². The Kier molecular flexibility index (Phi) is 3.14. The first-order valence-electron chi connectivity index (χ1n) is 5.75. The van der Waals surface area contributed by atoms with E-state index in [4.69, 9.17) is 6.42 Å². The highest BCUT2D eigenvalue weighted by Gasteiger charge is 2.37. The Morgan fingerprint density at radius 1 is 1.38 bits per heavy atom. The minimum Gasteiger partial charge on any atom is -0.354 e. The van der Waals surface area contributed by atoms with Gasteiger partial charge in [0.1, 0.15) is 6.04 Å². The number of nitrogens with zero attached hydrogens (tertiary/aromatic N) is 1. The molecule has 4 nitrogen and oxygen atoms in total. The van der Waals surface area contributed by atoms with Crippen molar-refractivity contribution in [2.75, 3.05) is 13.1 Å². The second-order valence-electron chi connectivity index (χ2n) is 4.42. The first-order chi connectivity index (χ1) is 7.72. The number of rotatable bonds is 1. The standard InChI is InChI=1S/C12H16N2O2/c1-2-9-7-11(15)14(8-9)10-5-3-4-6-13-12(10)16/h1,9-10H,3-8H2,(H,13,16). The van der Waals surface area contributed by atoms with E-state index in [0.717, 1.165) is 25.8 Å². The summed E-state index contributed by atoms with van der Waals surface area (Å²) in [7, 11) is 0. The summed E-state index contributed by atoms with van der Waals surface area (Å²) in [5.74, 6) is 2.57. The van der Waals surface area contributed by atoms with Crippen molar-refractivity contribution in [1.82, 2.24) is 10.2 Å². The molecule has 2 saturated heterocycles. The van der Waals surface area contributed by atoms with Crippen molar-refractivity contribution < 1.29 is 9.59 Å². The number of carbonyl (C=O) groups is 2. The van der Waals surface area contributed by atoms with Crippen LogP contribution in [0.1, 0.15) is 25.7 Å². The Morgan fingerprint density at radius 3 is 2.88 bits per heavy atom. The van der Waals surface area contributed by atoms with Crippen molar-refractivity contribution in [2.24, 2.45) is 5.92 Å². The molecule has 0 radical (unpaired) electrons. The highest BCUT2D eigenvalue weighted by Crippen LogP contribution is 2.23. The first kappa shape index (κ1) is 11.0. The predicted molar refractivity (Wildman–Crippen MR) is 59.3 cm³/mol. The molecule has 2 amide bonds. The van der Waals surface area contributed by atoms with Crippen LogP contribution in [0, 0.1) is 18.3 Å². The maximum Gasteiger partial charge on any atom is 0.242 e. The van der Waals surface area contributed by atoms with Crippen LogP contribution in [0.25, 0.3) is 0 Å². The summed E-state index contributed by atoms with van der Waals surface area (Å²) >= 11 is 0. The van der Waals surface area contributed by atoms with Gasteiger partial charge in [-0.2, -0.15) is 0 Å². The molecular formula is C12H16N2O2. The monoisotopic (exact) mass is 220 g/mol. The van der Waals surface area contributed by atoms with Gasteiger partial charge in [0.15, 0.2) is 0 Å². The molecule has 0 aliphatic carbocycles. The molecule has 86 valence electrons. The van der Waals surface area contributed by atoms with Gasteiger partial charge >= 0.3 is 0 Å². The van der Waals surface area contributed by atoms with E-state index < -0.39 is 0 Å². The molecule has 0 aromatic rings. The van der Waals surface area contributed by atoms with Crippen LogP contribution in [0.15, 0.2) is 0 Å². The number of hydrogen-bond donors (Lipinski definition) is 1. The zero-order valence-electron chi connectivity index (χ0n) is 9.24. The van der Waals surface area contributed by atoms with Crippen molar-refractivity contribution in [3.05, 3.63) is 0 Å². The molecule has 1 N–H and O–H groups in total. The second kappa shape index (κ2) is 4.56. The van der Waals surface area contributed by atoms with E-state index in [1.165, 1.54) is 0 Å². The quantitative estimate of drug-likeness (QED) is 0.639. The lowest BCUT2D eigenvalue weighted by Gasteiger charge is -2.25. The van der Waals surface area contributed by atoms with Gasteiger partial charge in [-0.05, 0) is 19.3 Å². The molecule has 0 saturated carbocycles. The molecule has 0 bridgehead atoms. The van der Waals surface area contributed by atoms with Crippen molar-refractivity contribution in [2.45, 2.75) is 31.7 Å². The maximum absolute atomic E-state index is 11.8. The van der Waals surface area contributed by atoms with Crippen LogP contribution < -0.4 is 5.32 Å². The van der Waals surface area contributed by atoms with Gasteiger partial charge in [-0.1, -0.05) is 0 Å². The minimum atomic E-state index is -0.298. The van der Waals surface area contributed by atoms with Gasteiger partial charge in [-0.3, -0.25) is 9.59 Å². The van der Waals surface area contributed by atoms with Gasteiger partial charge in [0, 0.05) is 25.4 Å². The largest absolute Gasteiger partial charge is 0.354 e. The smallest absolute Gasteiger partial charge is 0.242 e. The topological polar surface area (TPSA) is 49.4 Å². The molecule has 2 atom stereocenters. The Morgan fingerprint density at radius 2 is 2.19 bits per heavy atom. The van der Waals surface area contributed by atoms with Gasteiger partial charge in [0.05, 0.1) is 0 Å². The molecule has 2 aliphatic rings. The van der Waals surface area contributed by atoms with Crippen LogP contribution in [-0.4, -0.2) is 35.8 Å². The Labute approximate surface area is 95.4 Å². The number of terminal acetylenes is 1. The first-order valence-corrected chi connectivity index (χ1v) is 5.75. The lowest BCUT2D eigenvalue weighted by Crippen LogP contribution is -2.46. The van der Waals surface area contributed by atoms with Crippen LogP contribution in [0.3, 0.4) is 0 Å². The third kappa shape index (κ3) is 2.04. The number of carbonyl (C=O) groups excluding carboxylic acids is 2. The molecule has 16 heavy (non-hydrogen) atoms. The average molecular weight is 220 g/mol. The van der Waals surface area contributed by atoms with E-state index in [9.17, 15) is 9.59 Å². The number of amides is 2. The highest BCUT2D eigenvalue weighted by molar-refractivity contribution is 5.89. The molecule has 2 aliphatic heterocycles. The molecule has 2 heterocycles. The van der Waals surface area contributed by atoms with Gasteiger partial charge < -0.3 is 10.2 Å². The molecule has 4 heteroatoms. The van der Waals surface area contributed by atoms with Crippen molar-refractivity contribution in [3.63, 3.8) is 0 Å². The van der Waals surface area contributed by atoms with E-state index in [2.05, 4.69) is 11.2 Å². The van der Waals surface area contributed by atoms with E-state index in [1.54, 1.807) is 4.90 Å². The fourth-order valence-corrected chi connectivity index (χ4v) is 2.37. The maximum atomic E-state index is 11.8. The zero-order valence-corrected chi connectivity index (χ0v) is 9.24. The van der Waals surface area contributed by atoms with Gasteiger partial charge in [-0.15, -0.1) is 12.3 Å². The molecule has 2 unspecified atom stereocenters. The summed E-state index contributed by atoms with van der Waals surface area (Å²) in [6, 6.07) is -0.298. The predicted octanol–water partition coefficient (Wildman–Crippen LogP) is 0.137. The molecule has 2 fully saturated rings. The number of hydrogen-bond acceptors (Lipinski definition) is 2. The van der Waals surface area contributed by atoms with Gasteiger partial charge in [-0.25, -0.2) is 0 Å². The van der Waals surface area contributed by atoms with Gasteiger partial charge in [0.2, 0.25) is 11.8 Å². The van der Waals surface area contributed by atoms with Crippen LogP contribution >= 0.6 is 0 Å². The van der Waals surface area contributed by atoms with Crippen LogP contribution in [0.5, 0.6) is 0 Å². The summed E-state index contributed by atoms with van der Waals surface area (Å²) < 4.78 is 0. The Hall–Kier alpha value is -1.50. The summed E-state index contributed by atoms with van der Waals surface area (Å²) in [6.45, 7) is 1.25. The van der Waals surface area contributed by atoms with Crippen LogP contribution in [-0.2, 0) is 9.59 Å². The minimum absolute atomic E-state index is 0.0185. The summed E-state index contributed by atoms with van der Waals surface area (Å²) in [4.78, 5) is 25.2. The zero-order chi connectivity index (χ0) is 11.5. The highest BCUT2D eigenvalue weighted by atomic mass is 16.2. The molecular weight excluding hydrogens is 204 g/mol. The molecule has 0 aromatic carbocycles. The van der Waals surface area contributed by atoms with E-state index in [-0.39, 0.29) is 23.8 Å². The van der Waals surface area contributed by atoms with Crippen molar-refractivity contribution >= 4 is 11.8 Å². The van der Waals surface area contributed by atoms with Gasteiger partial charge in [0.25, 0.3) is 0 Å². The third-order valence-corrected chi connectivity index (χ3v) is 3.28. The lowest BCUT2D eigenvalue weighted by atomic mass is 10.1. The number of likely N-dealkylation sites (tertiary alicyclic amines) is 1. The fraction of sp³-hybridized carbons (Fsp3) is 0.667. The van der Waals surface area contributed by atoms with E-state index in [0.29, 0.717) is 13.0 Å².